The molecule has 4 rings (SSSR count). The molecule has 0 bridgehead atoms. The molecule has 1 aromatic carbocycles. The van der Waals surface area contributed by atoms with Crippen LogP contribution in [0.3, 0.4) is 0 Å². The van der Waals surface area contributed by atoms with E-state index in [1.54, 1.807) is 0 Å². The summed E-state index contributed by atoms with van der Waals surface area (Å²) in [5.41, 5.74) is 1.49. The zero-order valence-corrected chi connectivity index (χ0v) is 17.3. The van der Waals surface area contributed by atoms with Gasteiger partial charge in [-0.15, -0.1) is 11.3 Å². The number of aryl methyl sites for hydroxylation is 1. The van der Waals surface area contributed by atoms with Crippen molar-refractivity contribution in [2.75, 3.05) is 31.6 Å². The lowest BCUT2D eigenvalue weighted by Gasteiger charge is -2.26. The number of benzene rings is 1. The second-order valence-electron chi connectivity index (χ2n) is 7.23. The van der Waals surface area contributed by atoms with Crippen molar-refractivity contribution in [3.63, 3.8) is 0 Å². The van der Waals surface area contributed by atoms with Crippen LogP contribution in [0.15, 0.2) is 29.2 Å². The normalized spacial score (nSPS) is 20.5. The molecule has 28 heavy (non-hydrogen) atoms. The van der Waals surface area contributed by atoms with Gasteiger partial charge in [0.2, 0.25) is 10.0 Å². The third kappa shape index (κ3) is 3.98. The molecule has 2 aromatic rings. The molecule has 0 radical (unpaired) electrons. The van der Waals surface area contributed by atoms with Gasteiger partial charge >= 0.3 is 0 Å². The van der Waals surface area contributed by atoms with Crippen LogP contribution in [0.4, 0.5) is 5.13 Å². The van der Waals surface area contributed by atoms with Crippen molar-refractivity contribution in [2.24, 2.45) is 5.92 Å². The van der Waals surface area contributed by atoms with Crippen LogP contribution in [0.5, 0.6) is 0 Å². The Kier molecular flexibility index (Phi) is 5.50. The molecule has 2 aliphatic rings. The highest BCUT2D eigenvalue weighted by molar-refractivity contribution is 7.89. The van der Waals surface area contributed by atoms with Crippen molar-refractivity contribution < 1.29 is 17.9 Å². The Bertz CT molecular complexity index is 964. The van der Waals surface area contributed by atoms with Crippen LogP contribution in [-0.2, 0) is 27.6 Å². The summed E-state index contributed by atoms with van der Waals surface area (Å²) in [6.07, 6.45) is 3.09. The van der Waals surface area contributed by atoms with E-state index in [0.717, 1.165) is 25.0 Å². The predicted octanol–water partition coefficient (Wildman–Crippen LogP) is 2.54. The summed E-state index contributed by atoms with van der Waals surface area (Å²) in [6.45, 7) is 3.72. The maximum absolute atomic E-state index is 12.7. The Morgan fingerprint density at radius 1 is 1.25 bits per heavy atom. The zero-order chi connectivity index (χ0) is 19.7. The van der Waals surface area contributed by atoms with Gasteiger partial charge in [0.1, 0.15) is 0 Å². The van der Waals surface area contributed by atoms with Crippen molar-refractivity contribution in [3.8, 4) is 0 Å². The van der Waals surface area contributed by atoms with Gasteiger partial charge in [-0.2, -0.15) is 4.31 Å². The van der Waals surface area contributed by atoms with E-state index in [0.29, 0.717) is 42.9 Å². The molecular weight excluding hydrogens is 398 g/mol. The molecule has 150 valence electrons. The van der Waals surface area contributed by atoms with Crippen LogP contribution in [-0.4, -0.2) is 49.9 Å². The highest BCUT2D eigenvalue weighted by atomic mass is 32.2. The monoisotopic (exact) mass is 421 g/mol. The topological polar surface area (TPSA) is 88.6 Å². The summed E-state index contributed by atoms with van der Waals surface area (Å²) in [6, 6.07) is 6.04. The minimum absolute atomic E-state index is 0.185. The second kappa shape index (κ2) is 7.90. The summed E-state index contributed by atoms with van der Waals surface area (Å²) in [5, 5.41) is 3.45. The fourth-order valence-electron chi connectivity index (χ4n) is 3.48. The first kappa shape index (κ1) is 19.5. The number of hydrogen-bond acceptors (Lipinski definition) is 6. The van der Waals surface area contributed by atoms with E-state index in [1.807, 2.05) is 0 Å². The molecule has 9 heteroatoms. The van der Waals surface area contributed by atoms with Crippen molar-refractivity contribution in [1.29, 1.82) is 0 Å². The number of ether oxygens (including phenoxy) is 1. The highest BCUT2D eigenvalue weighted by Gasteiger charge is 2.26. The number of carbonyl (C=O) groups excluding carboxylic acids is 1. The third-order valence-electron chi connectivity index (χ3n) is 5.13. The quantitative estimate of drug-likeness (QED) is 0.820. The first-order valence-corrected chi connectivity index (χ1v) is 11.7. The van der Waals surface area contributed by atoms with E-state index in [9.17, 15) is 13.2 Å². The Hall–Kier alpha value is -1.81. The van der Waals surface area contributed by atoms with Gasteiger partial charge in [-0.1, -0.05) is 6.92 Å². The zero-order valence-electron chi connectivity index (χ0n) is 15.7. The molecule has 1 aliphatic carbocycles. The van der Waals surface area contributed by atoms with Crippen LogP contribution in [0.25, 0.3) is 0 Å². The lowest BCUT2D eigenvalue weighted by atomic mass is 9.93. The summed E-state index contributed by atoms with van der Waals surface area (Å²) in [7, 11) is -3.56. The van der Waals surface area contributed by atoms with Crippen LogP contribution >= 0.6 is 11.3 Å². The van der Waals surface area contributed by atoms with Gasteiger partial charge in [0, 0.05) is 23.5 Å². The van der Waals surface area contributed by atoms with E-state index < -0.39 is 10.0 Å². The van der Waals surface area contributed by atoms with Gasteiger partial charge in [-0.3, -0.25) is 10.1 Å². The average molecular weight is 422 g/mol. The average Bonchev–Trinajstić information content (AvgIpc) is 3.10. The predicted molar refractivity (Wildman–Crippen MR) is 107 cm³/mol. The van der Waals surface area contributed by atoms with Crippen molar-refractivity contribution in [2.45, 2.75) is 31.1 Å². The van der Waals surface area contributed by atoms with E-state index in [4.69, 9.17) is 4.74 Å². The largest absolute Gasteiger partial charge is 0.379 e. The summed E-state index contributed by atoms with van der Waals surface area (Å²) in [5.74, 6) is 0.368. The first-order valence-electron chi connectivity index (χ1n) is 9.41. The van der Waals surface area contributed by atoms with Crippen molar-refractivity contribution >= 4 is 32.4 Å². The third-order valence-corrected chi connectivity index (χ3v) is 8.08. The molecule has 0 spiro atoms. The Balaban J connectivity index is 1.46. The molecule has 1 N–H and O–H groups in total. The minimum Gasteiger partial charge on any atom is -0.379 e. The van der Waals surface area contributed by atoms with Gasteiger partial charge in [-0.25, -0.2) is 13.4 Å². The van der Waals surface area contributed by atoms with Gasteiger partial charge in [0.05, 0.1) is 23.8 Å². The molecule has 1 saturated heterocycles. The fourth-order valence-corrected chi connectivity index (χ4v) is 6.05. The molecule has 2 heterocycles. The Morgan fingerprint density at radius 2 is 1.96 bits per heavy atom. The number of amides is 1. The number of anilines is 1. The molecule has 1 atom stereocenters. The maximum Gasteiger partial charge on any atom is 0.257 e. The number of sulfonamides is 1. The Morgan fingerprint density at radius 3 is 2.68 bits per heavy atom. The van der Waals surface area contributed by atoms with Gasteiger partial charge in [-0.05, 0) is 49.4 Å². The van der Waals surface area contributed by atoms with Gasteiger partial charge < -0.3 is 4.74 Å². The van der Waals surface area contributed by atoms with Gasteiger partial charge in [0.25, 0.3) is 5.91 Å². The molecule has 1 amide bonds. The minimum atomic E-state index is -3.56. The molecular formula is C19H23N3O4S2. The van der Waals surface area contributed by atoms with E-state index >= 15 is 0 Å². The van der Waals surface area contributed by atoms with Crippen LogP contribution in [0.2, 0.25) is 0 Å². The van der Waals surface area contributed by atoms with Crippen molar-refractivity contribution in [3.05, 3.63) is 40.4 Å². The van der Waals surface area contributed by atoms with E-state index in [1.165, 1.54) is 44.8 Å². The lowest BCUT2D eigenvalue weighted by molar-refractivity contribution is 0.0730. The van der Waals surface area contributed by atoms with Crippen LogP contribution in [0.1, 0.15) is 34.3 Å². The number of carbonyl (C=O) groups is 1. The molecule has 0 saturated carbocycles. The smallest absolute Gasteiger partial charge is 0.257 e. The van der Waals surface area contributed by atoms with Crippen LogP contribution in [0, 0.1) is 5.92 Å². The second-order valence-corrected chi connectivity index (χ2v) is 10.3. The lowest BCUT2D eigenvalue weighted by Crippen LogP contribution is -2.40. The number of nitrogens with zero attached hydrogens (tertiary/aromatic N) is 2. The number of rotatable bonds is 4. The summed E-state index contributed by atoms with van der Waals surface area (Å²) < 4.78 is 31.9. The number of fused-ring (bicyclic) bond motifs is 1. The van der Waals surface area contributed by atoms with E-state index in [-0.39, 0.29) is 10.8 Å². The standard InChI is InChI=1S/C19H23N3O4S2/c1-13-2-7-16-17(12-13)27-19(20-16)21-18(23)14-3-5-15(6-4-14)28(24,25)22-8-10-26-11-9-22/h3-6,13H,2,7-12H2,1H3,(H,20,21,23)/t13-/m1/s1. The number of nitrogens with one attached hydrogen (secondary N) is 1. The van der Waals surface area contributed by atoms with Crippen molar-refractivity contribution in [1.82, 2.24) is 9.29 Å². The number of hydrogen-bond donors (Lipinski definition) is 1. The molecule has 1 aliphatic heterocycles. The number of thiazole rings is 1. The first-order chi connectivity index (χ1) is 13.4. The highest BCUT2D eigenvalue weighted by Crippen LogP contribution is 2.32. The Labute approximate surface area is 168 Å². The number of aromatic nitrogens is 1. The number of morpholine rings is 1. The fraction of sp³-hybridized carbons (Fsp3) is 0.474. The SMILES string of the molecule is C[C@@H]1CCc2nc(NC(=O)c3ccc(S(=O)(=O)N4CCOCC4)cc3)sc2C1. The molecule has 0 unspecified atom stereocenters. The molecule has 1 aromatic heterocycles. The van der Waals surface area contributed by atoms with E-state index in [2.05, 4.69) is 17.2 Å². The summed E-state index contributed by atoms with van der Waals surface area (Å²) >= 11 is 1.53. The van der Waals surface area contributed by atoms with Crippen LogP contribution < -0.4 is 5.32 Å². The maximum atomic E-state index is 12.7. The van der Waals surface area contributed by atoms with Gasteiger partial charge in [0.15, 0.2) is 5.13 Å². The molecule has 1 fully saturated rings. The summed E-state index contributed by atoms with van der Waals surface area (Å²) in [4.78, 5) is 18.5. The molecule has 7 nitrogen and oxygen atoms in total.